The third kappa shape index (κ3) is 3.29. The van der Waals surface area contributed by atoms with Crippen molar-refractivity contribution in [2.45, 2.75) is 13.8 Å². The molecule has 0 saturated carbocycles. The summed E-state index contributed by atoms with van der Waals surface area (Å²) in [5.41, 5.74) is 1.57. The number of hydrogen-bond donors (Lipinski definition) is 1. The number of hydrogen-bond acceptors (Lipinski definition) is 6. The van der Waals surface area contributed by atoms with E-state index in [9.17, 15) is 18.5 Å². The fourth-order valence-electron chi connectivity index (χ4n) is 2.39. The van der Waals surface area contributed by atoms with Crippen molar-refractivity contribution in [3.63, 3.8) is 0 Å². The molecule has 0 spiro atoms. The molecule has 0 atom stereocenters. The van der Waals surface area contributed by atoms with E-state index in [1.54, 1.807) is 37.4 Å². The van der Waals surface area contributed by atoms with Crippen LogP contribution in [-0.2, 0) is 10.0 Å². The second-order valence-corrected chi connectivity index (χ2v) is 7.41. The van der Waals surface area contributed by atoms with Crippen LogP contribution in [0.25, 0.3) is 16.8 Å². The predicted octanol–water partition coefficient (Wildman–Crippen LogP) is 2.37. The fraction of sp³-hybridized carbons (Fsp3) is 0.200. The molecule has 0 bridgehead atoms. The van der Waals surface area contributed by atoms with E-state index in [4.69, 9.17) is 0 Å². The van der Waals surface area contributed by atoms with Gasteiger partial charge in [0.2, 0.25) is 15.7 Å². The lowest BCUT2D eigenvalue weighted by Crippen LogP contribution is -2.14. The summed E-state index contributed by atoms with van der Waals surface area (Å²) in [7, 11) is -3.41. The van der Waals surface area contributed by atoms with Crippen molar-refractivity contribution in [2.75, 3.05) is 10.5 Å². The lowest BCUT2D eigenvalue weighted by Gasteiger charge is -2.09. The molecule has 0 aliphatic carbocycles. The molecule has 0 saturated heterocycles. The van der Waals surface area contributed by atoms with Gasteiger partial charge in [-0.1, -0.05) is 12.1 Å². The molecule has 0 unspecified atom stereocenters. The molecule has 2 heterocycles. The van der Waals surface area contributed by atoms with E-state index in [-0.39, 0.29) is 17.1 Å². The van der Waals surface area contributed by atoms with Crippen molar-refractivity contribution in [3.8, 4) is 11.1 Å². The third-order valence-corrected chi connectivity index (χ3v) is 5.01. The van der Waals surface area contributed by atoms with Crippen LogP contribution in [0.15, 0.2) is 36.5 Å². The Morgan fingerprint density at radius 1 is 1.24 bits per heavy atom. The highest BCUT2D eigenvalue weighted by molar-refractivity contribution is 7.92. The van der Waals surface area contributed by atoms with Gasteiger partial charge in [-0.05, 0) is 31.5 Å². The first-order valence-electron chi connectivity index (χ1n) is 7.41. The van der Waals surface area contributed by atoms with Gasteiger partial charge in [-0.2, -0.15) is 0 Å². The minimum absolute atomic E-state index is 0.0471. The summed E-state index contributed by atoms with van der Waals surface area (Å²) in [6.07, 6.45) is 1.69. The quantitative estimate of drug-likeness (QED) is 0.550. The van der Waals surface area contributed by atoms with Gasteiger partial charge in [0.1, 0.15) is 5.82 Å². The van der Waals surface area contributed by atoms with Crippen molar-refractivity contribution in [3.05, 3.63) is 52.5 Å². The maximum absolute atomic E-state index is 11.7. The number of rotatable bonds is 5. The zero-order valence-electron chi connectivity index (χ0n) is 13.5. The van der Waals surface area contributed by atoms with Gasteiger partial charge in [-0.15, -0.1) is 10.2 Å². The molecule has 0 fully saturated rings. The molecule has 2 aromatic heterocycles. The van der Waals surface area contributed by atoms with E-state index in [0.29, 0.717) is 22.6 Å². The van der Waals surface area contributed by atoms with E-state index < -0.39 is 14.9 Å². The Hall–Kier alpha value is -3.01. The number of anilines is 1. The highest BCUT2D eigenvalue weighted by Gasteiger charge is 2.19. The number of sulfonamides is 1. The zero-order chi connectivity index (χ0) is 18.2. The molecule has 10 heteroatoms. The number of fused-ring (bicyclic) bond motifs is 1. The van der Waals surface area contributed by atoms with Gasteiger partial charge in [0.25, 0.3) is 0 Å². The zero-order valence-corrected chi connectivity index (χ0v) is 14.3. The van der Waals surface area contributed by atoms with Crippen LogP contribution in [0.5, 0.6) is 0 Å². The molecule has 0 aliphatic rings. The Kier molecular flexibility index (Phi) is 4.13. The molecule has 130 valence electrons. The van der Waals surface area contributed by atoms with Crippen molar-refractivity contribution >= 4 is 27.0 Å². The highest BCUT2D eigenvalue weighted by atomic mass is 32.2. The third-order valence-electron chi connectivity index (χ3n) is 3.70. The monoisotopic (exact) mass is 361 g/mol. The van der Waals surface area contributed by atoms with Crippen molar-refractivity contribution in [1.82, 2.24) is 14.6 Å². The summed E-state index contributed by atoms with van der Waals surface area (Å²) in [4.78, 5) is 10.8. The molecule has 0 amide bonds. The van der Waals surface area contributed by atoms with Crippen LogP contribution in [0.3, 0.4) is 0 Å². The van der Waals surface area contributed by atoms with Crippen LogP contribution >= 0.6 is 0 Å². The lowest BCUT2D eigenvalue weighted by molar-refractivity contribution is -0.383. The summed E-state index contributed by atoms with van der Waals surface area (Å²) in [6.45, 7) is 3.23. The van der Waals surface area contributed by atoms with Crippen molar-refractivity contribution in [1.29, 1.82) is 0 Å². The smallest absolute Gasteiger partial charge is 0.284 e. The van der Waals surface area contributed by atoms with Gasteiger partial charge in [0.15, 0.2) is 0 Å². The van der Waals surface area contributed by atoms with Gasteiger partial charge >= 0.3 is 5.69 Å². The molecule has 1 aromatic carbocycles. The standard InChI is InChI=1S/C15H15N5O4S/c1-3-25(23,24)18-13-6-4-5-11(7-13)12-8-14(20(21)22)15-17-16-10(2)19(15)9-12/h4-9,18H,3H2,1-2H3. The molecule has 25 heavy (non-hydrogen) atoms. The first-order valence-corrected chi connectivity index (χ1v) is 9.06. The molecule has 1 N–H and O–H groups in total. The topological polar surface area (TPSA) is 120 Å². The Morgan fingerprint density at radius 3 is 2.68 bits per heavy atom. The fourth-order valence-corrected chi connectivity index (χ4v) is 3.02. The predicted molar refractivity (Wildman–Crippen MR) is 92.9 cm³/mol. The SMILES string of the molecule is CCS(=O)(=O)Nc1cccc(-c2cc([N+](=O)[O-])c3nnc(C)n3c2)c1. The molecular weight excluding hydrogens is 346 g/mol. The first-order chi connectivity index (χ1) is 11.8. The van der Waals surface area contributed by atoms with E-state index in [0.717, 1.165) is 0 Å². The van der Waals surface area contributed by atoms with Crippen LogP contribution in [0, 0.1) is 17.0 Å². The van der Waals surface area contributed by atoms with E-state index >= 15 is 0 Å². The number of nitrogens with one attached hydrogen (secondary N) is 1. The number of benzene rings is 1. The maximum atomic E-state index is 11.7. The number of nitrogens with zero attached hydrogens (tertiary/aromatic N) is 4. The van der Waals surface area contributed by atoms with E-state index in [1.807, 2.05) is 0 Å². The average molecular weight is 361 g/mol. The van der Waals surface area contributed by atoms with E-state index in [1.165, 1.54) is 17.4 Å². The van der Waals surface area contributed by atoms with Crippen LogP contribution in [-0.4, -0.2) is 33.7 Å². The summed E-state index contributed by atoms with van der Waals surface area (Å²) < 4.78 is 27.5. The van der Waals surface area contributed by atoms with Gasteiger partial charge in [0.05, 0.1) is 10.7 Å². The van der Waals surface area contributed by atoms with Crippen LogP contribution in [0.2, 0.25) is 0 Å². The molecule has 3 aromatic rings. The Bertz CT molecular complexity index is 1070. The van der Waals surface area contributed by atoms with Crippen molar-refractivity contribution < 1.29 is 13.3 Å². The minimum Gasteiger partial charge on any atom is -0.284 e. The molecule has 9 nitrogen and oxygen atoms in total. The Balaban J connectivity index is 2.13. The summed E-state index contributed by atoms with van der Waals surface area (Å²) in [5, 5.41) is 19.0. The van der Waals surface area contributed by atoms with Gasteiger partial charge in [-0.25, -0.2) is 8.42 Å². The minimum atomic E-state index is -3.41. The molecule has 0 radical (unpaired) electrons. The second kappa shape index (κ2) is 6.13. The summed E-state index contributed by atoms with van der Waals surface area (Å²) in [6, 6.07) is 8.06. The second-order valence-electron chi connectivity index (χ2n) is 5.40. The number of pyridine rings is 1. The van der Waals surface area contributed by atoms with Crippen LogP contribution in [0.4, 0.5) is 11.4 Å². The summed E-state index contributed by atoms with van der Waals surface area (Å²) >= 11 is 0. The largest absolute Gasteiger partial charge is 0.314 e. The Morgan fingerprint density at radius 2 is 2.00 bits per heavy atom. The number of aryl methyl sites for hydroxylation is 1. The van der Waals surface area contributed by atoms with E-state index in [2.05, 4.69) is 14.9 Å². The van der Waals surface area contributed by atoms with Gasteiger partial charge in [-0.3, -0.25) is 19.2 Å². The maximum Gasteiger partial charge on any atom is 0.314 e. The Labute approximate surface area is 143 Å². The van der Waals surface area contributed by atoms with Gasteiger partial charge < -0.3 is 0 Å². The molecule has 3 rings (SSSR count). The lowest BCUT2D eigenvalue weighted by atomic mass is 10.1. The summed E-state index contributed by atoms with van der Waals surface area (Å²) in [5.74, 6) is 0.469. The normalized spacial score (nSPS) is 11.6. The number of nitro groups is 1. The van der Waals surface area contributed by atoms with Gasteiger partial charge in [0, 0.05) is 23.5 Å². The molecule has 0 aliphatic heterocycles. The first kappa shape index (κ1) is 16.8. The average Bonchev–Trinajstić information content (AvgIpc) is 2.95. The van der Waals surface area contributed by atoms with Crippen LogP contribution in [0.1, 0.15) is 12.7 Å². The van der Waals surface area contributed by atoms with Crippen LogP contribution < -0.4 is 4.72 Å². The number of aromatic nitrogens is 3. The highest BCUT2D eigenvalue weighted by Crippen LogP contribution is 2.29. The van der Waals surface area contributed by atoms with Crippen molar-refractivity contribution in [2.24, 2.45) is 0 Å². The molecular formula is C15H15N5O4S.